The Balaban J connectivity index is 2.18. The molecule has 0 spiro atoms. The normalized spacial score (nSPS) is 22.2. The fourth-order valence-electron chi connectivity index (χ4n) is 1.88. The van der Waals surface area contributed by atoms with E-state index in [9.17, 15) is 9.50 Å². The highest BCUT2D eigenvalue weighted by Gasteiger charge is 2.15. The van der Waals surface area contributed by atoms with Crippen LogP contribution in [0.3, 0.4) is 0 Å². The summed E-state index contributed by atoms with van der Waals surface area (Å²) in [5, 5.41) is 12.6. The van der Waals surface area contributed by atoms with Crippen molar-refractivity contribution in [1.29, 1.82) is 0 Å². The quantitative estimate of drug-likeness (QED) is 0.721. The van der Waals surface area contributed by atoms with E-state index in [2.05, 4.69) is 5.32 Å². The molecule has 1 aromatic rings. The molecule has 1 aromatic carbocycles. The van der Waals surface area contributed by atoms with Gasteiger partial charge in [0.2, 0.25) is 0 Å². The Bertz CT molecular complexity index is 321. The summed E-state index contributed by atoms with van der Waals surface area (Å²) in [5.41, 5.74) is 0.976. The van der Waals surface area contributed by atoms with Gasteiger partial charge in [-0.1, -0.05) is 12.5 Å². The van der Waals surface area contributed by atoms with Crippen molar-refractivity contribution in [2.75, 3.05) is 6.54 Å². The SMILES string of the molecule is Oc1cc([C@@H]2CCCCN2)ccc1F. The minimum Gasteiger partial charge on any atom is -0.505 e. The third-order valence-electron chi connectivity index (χ3n) is 2.68. The number of rotatable bonds is 1. The predicted octanol–water partition coefficient (Wildman–Crippen LogP) is 2.35. The first-order valence-electron chi connectivity index (χ1n) is 4.99. The molecule has 14 heavy (non-hydrogen) atoms. The highest BCUT2D eigenvalue weighted by Crippen LogP contribution is 2.26. The molecule has 2 nitrogen and oxygen atoms in total. The first kappa shape index (κ1) is 9.46. The van der Waals surface area contributed by atoms with Gasteiger partial charge in [-0.15, -0.1) is 0 Å². The Kier molecular flexibility index (Phi) is 2.68. The molecular formula is C11H14FNO. The number of phenolic OH excluding ortho intramolecular Hbond substituents is 1. The average molecular weight is 195 g/mol. The van der Waals surface area contributed by atoms with Gasteiger partial charge in [-0.05, 0) is 37.1 Å². The van der Waals surface area contributed by atoms with Crippen LogP contribution in [0, 0.1) is 5.82 Å². The summed E-state index contributed by atoms with van der Waals surface area (Å²) in [4.78, 5) is 0. The van der Waals surface area contributed by atoms with Crippen LogP contribution >= 0.6 is 0 Å². The molecule has 1 aliphatic heterocycles. The van der Waals surface area contributed by atoms with E-state index >= 15 is 0 Å². The molecule has 3 heteroatoms. The second-order valence-corrected chi connectivity index (χ2v) is 3.71. The van der Waals surface area contributed by atoms with Gasteiger partial charge in [-0.3, -0.25) is 0 Å². The number of hydrogen-bond acceptors (Lipinski definition) is 2. The molecular weight excluding hydrogens is 181 g/mol. The summed E-state index contributed by atoms with van der Waals surface area (Å²) in [6, 6.07) is 4.84. The Hall–Kier alpha value is -1.09. The number of phenols is 1. The van der Waals surface area contributed by atoms with Crippen LogP contribution < -0.4 is 5.32 Å². The number of hydrogen-bond donors (Lipinski definition) is 2. The standard InChI is InChI=1S/C11H14FNO/c12-9-5-4-8(7-11(9)14)10-3-1-2-6-13-10/h4-5,7,10,13-14H,1-3,6H2/t10-/m0/s1. The van der Waals surface area contributed by atoms with Crippen LogP contribution in [0.2, 0.25) is 0 Å². The summed E-state index contributed by atoms with van der Waals surface area (Å²) in [7, 11) is 0. The summed E-state index contributed by atoms with van der Waals surface area (Å²) >= 11 is 0. The highest BCUT2D eigenvalue weighted by atomic mass is 19.1. The molecule has 1 atom stereocenters. The molecule has 1 aliphatic rings. The van der Waals surface area contributed by atoms with E-state index in [-0.39, 0.29) is 11.8 Å². The fraction of sp³-hybridized carbons (Fsp3) is 0.455. The second kappa shape index (κ2) is 3.96. The van der Waals surface area contributed by atoms with Crippen LogP contribution in [-0.2, 0) is 0 Å². The zero-order valence-electron chi connectivity index (χ0n) is 7.96. The molecule has 1 saturated heterocycles. The molecule has 0 amide bonds. The van der Waals surface area contributed by atoms with Crippen LogP contribution in [0.25, 0.3) is 0 Å². The van der Waals surface area contributed by atoms with Gasteiger partial charge in [-0.2, -0.15) is 0 Å². The van der Waals surface area contributed by atoms with Gasteiger partial charge in [0.15, 0.2) is 11.6 Å². The monoisotopic (exact) mass is 195 g/mol. The molecule has 2 N–H and O–H groups in total. The predicted molar refractivity (Wildman–Crippen MR) is 52.7 cm³/mol. The van der Waals surface area contributed by atoms with Crippen molar-refractivity contribution in [3.05, 3.63) is 29.6 Å². The van der Waals surface area contributed by atoms with Crippen molar-refractivity contribution >= 4 is 0 Å². The zero-order chi connectivity index (χ0) is 9.97. The van der Waals surface area contributed by atoms with Gasteiger partial charge in [-0.25, -0.2) is 4.39 Å². The molecule has 0 bridgehead atoms. The number of benzene rings is 1. The molecule has 0 radical (unpaired) electrons. The zero-order valence-corrected chi connectivity index (χ0v) is 7.96. The number of halogens is 1. The van der Waals surface area contributed by atoms with E-state index < -0.39 is 5.82 Å². The molecule has 76 valence electrons. The Morgan fingerprint density at radius 2 is 2.21 bits per heavy atom. The van der Waals surface area contributed by atoms with Gasteiger partial charge in [0.05, 0.1) is 0 Å². The number of piperidine rings is 1. The Morgan fingerprint density at radius 3 is 2.86 bits per heavy atom. The third-order valence-corrected chi connectivity index (χ3v) is 2.68. The first-order chi connectivity index (χ1) is 6.77. The largest absolute Gasteiger partial charge is 0.505 e. The van der Waals surface area contributed by atoms with Gasteiger partial charge < -0.3 is 10.4 Å². The maximum absolute atomic E-state index is 12.8. The van der Waals surface area contributed by atoms with Crippen LogP contribution in [0.15, 0.2) is 18.2 Å². The number of nitrogens with one attached hydrogen (secondary N) is 1. The second-order valence-electron chi connectivity index (χ2n) is 3.71. The van der Waals surface area contributed by atoms with Crippen LogP contribution in [0.5, 0.6) is 5.75 Å². The van der Waals surface area contributed by atoms with Crippen LogP contribution in [0.1, 0.15) is 30.9 Å². The Labute approximate surface area is 82.8 Å². The average Bonchev–Trinajstić information content (AvgIpc) is 2.23. The van der Waals surface area contributed by atoms with Crippen molar-refractivity contribution < 1.29 is 9.50 Å². The first-order valence-corrected chi connectivity index (χ1v) is 4.99. The molecule has 2 rings (SSSR count). The topological polar surface area (TPSA) is 32.3 Å². The molecule has 1 fully saturated rings. The lowest BCUT2D eigenvalue weighted by Gasteiger charge is -2.23. The van der Waals surface area contributed by atoms with E-state index in [0.29, 0.717) is 0 Å². The van der Waals surface area contributed by atoms with E-state index in [0.717, 1.165) is 18.5 Å². The van der Waals surface area contributed by atoms with Gasteiger partial charge >= 0.3 is 0 Å². The third kappa shape index (κ3) is 1.87. The van der Waals surface area contributed by atoms with E-state index in [4.69, 9.17) is 0 Å². The Morgan fingerprint density at radius 1 is 1.36 bits per heavy atom. The smallest absolute Gasteiger partial charge is 0.164 e. The summed E-state index contributed by atoms with van der Waals surface area (Å²) in [5.74, 6) is -0.806. The van der Waals surface area contributed by atoms with Crippen molar-refractivity contribution in [2.45, 2.75) is 25.3 Å². The van der Waals surface area contributed by atoms with Crippen molar-refractivity contribution in [3.63, 3.8) is 0 Å². The van der Waals surface area contributed by atoms with Crippen LogP contribution in [-0.4, -0.2) is 11.7 Å². The summed E-state index contributed by atoms with van der Waals surface area (Å²) < 4.78 is 12.8. The fourth-order valence-corrected chi connectivity index (χ4v) is 1.88. The molecule has 0 aliphatic carbocycles. The van der Waals surface area contributed by atoms with Crippen LogP contribution in [0.4, 0.5) is 4.39 Å². The maximum Gasteiger partial charge on any atom is 0.164 e. The van der Waals surface area contributed by atoms with E-state index in [1.54, 1.807) is 6.07 Å². The molecule has 0 saturated carbocycles. The summed E-state index contributed by atoms with van der Waals surface area (Å²) in [6.07, 6.45) is 3.45. The highest BCUT2D eigenvalue weighted by molar-refractivity contribution is 5.31. The minimum absolute atomic E-state index is 0.255. The minimum atomic E-state index is -0.551. The molecule has 0 unspecified atom stereocenters. The lowest BCUT2D eigenvalue weighted by molar-refractivity contribution is 0.403. The van der Waals surface area contributed by atoms with Crippen molar-refractivity contribution in [1.82, 2.24) is 5.32 Å². The molecule has 1 heterocycles. The summed E-state index contributed by atoms with van der Waals surface area (Å²) in [6.45, 7) is 1.00. The van der Waals surface area contributed by atoms with Gasteiger partial charge in [0, 0.05) is 6.04 Å². The lowest BCUT2D eigenvalue weighted by atomic mass is 9.97. The van der Waals surface area contributed by atoms with Crippen molar-refractivity contribution in [2.24, 2.45) is 0 Å². The lowest BCUT2D eigenvalue weighted by Crippen LogP contribution is -2.26. The maximum atomic E-state index is 12.8. The van der Waals surface area contributed by atoms with Crippen molar-refractivity contribution in [3.8, 4) is 5.75 Å². The molecule has 0 aromatic heterocycles. The van der Waals surface area contributed by atoms with E-state index in [1.807, 2.05) is 0 Å². The number of aromatic hydroxyl groups is 1. The van der Waals surface area contributed by atoms with Gasteiger partial charge in [0.1, 0.15) is 0 Å². The van der Waals surface area contributed by atoms with E-state index in [1.165, 1.54) is 25.0 Å². The van der Waals surface area contributed by atoms with Gasteiger partial charge in [0.25, 0.3) is 0 Å².